The van der Waals surface area contributed by atoms with Crippen molar-refractivity contribution in [2.75, 3.05) is 13.2 Å². The van der Waals surface area contributed by atoms with Gasteiger partial charge in [-0.15, -0.1) is 0 Å². The Morgan fingerprint density at radius 1 is 1.04 bits per heavy atom. The van der Waals surface area contributed by atoms with E-state index >= 15 is 0 Å². The predicted octanol–water partition coefficient (Wildman–Crippen LogP) is 3.78. The molecule has 0 unspecified atom stereocenters. The number of benzene rings is 2. The van der Waals surface area contributed by atoms with Crippen molar-refractivity contribution < 1.29 is 9.47 Å². The molecule has 2 aromatic carbocycles. The Balaban J connectivity index is 2.05. The van der Waals surface area contributed by atoms with Crippen LogP contribution in [0, 0.1) is 0 Å². The lowest BCUT2D eigenvalue weighted by Gasteiger charge is -2.13. The molecule has 0 radical (unpaired) electrons. The Labute approximate surface area is 140 Å². The first-order valence-electron chi connectivity index (χ1n) is 8.12. The zero-order valence-electron chi connectivity index (χ0n) is 13.8. The third-order valence-electron chi connectivity index (χ3n) is 3.59. The van der Waals surface area contributed by atoms with Crippen LogP contribution >= 0.6 is 0 Å². The summed E-state index contributed by atoms with van der Waals surface area (Å²) in [6, 6.07) is 12.9. The number of aromatic amines is 1. The highest BCUT2D eigenvalue weighted by Gasteiger charge is 2.10. The molecule has 0 saturated carbocycles. The van der Waals surface area contributed by atoms with Gasteiger partial charge in [0.2, 0.25) is 0 Å². The van der Waals surface area contributed by atoms with Gasteiger partial charge in [0.15, 0.2) is 11.5 Å². The fraction of sp³-hybridized carbons (Fsp3) is 0.263. The topological polar surface area (TPSA) is 64.2 Å². The van der Waals surface area contributed by atoms with Crippen LogP contribution in [0.5, 0.6) is 11.5 Å². The molecule has 1 N–H and O–H groups in total. The van der Waals surface area contributed by atoms with E-state index in [4.69, 9.17) is 9.47 Å². The van der Waals surface area contributed by atoms with Crippen LogP contribution in [0.25, 0.3) is 22.3 Å². The SMILES string of the molecule is CCCOc1ccc(-c2nc3ccccc3c(=O)[nH]2)cc1OCC. The van der Waals surface area contributed by atoms with E-state index in [-0.39, 0.29) is 5.56 Å². The van der Waals surface area contributed by atoms with Crippen molar-refractivity contribution in [1.82, 2.24) is 9.97 Å². The largest absolute Gasteiger partial charge is 0.490 e. The van der Waals surface area contributed by atoms with Crippen LogP contribution in [-0.2, 0) is 0 Å². The van der Waals surface area contributed by atoms with Crippen molar-refractivity contribution in [3.05, 3.63) is 52.8 Å². The molecule has 0 spiro atoms. The van der Waals surface area contributed by atoms with E-state index < -0.39 is 0 Å². The quantitative estimate of drug-likeness (QED) is 0.749. The number of para-hydroxylation sites is 1. The average Bonchev–Trinajstić information content (AvgIpc) is 2.61. The second-order valence-electron chi connectivity index (χ2n) is 5.37. The molecule has 1 heterocycles. The Morgan fingerprint density at radius 2 is 1.88 bits per heavy atom. The number of nitrogens with zero attached hydrogens (tertiary/aromatic N) is 1. The summed E-state index contributed by atoms with van der Waals surface area (Å²) >= 11 is 0. The normalized spacial score (nSPS) is 10.8. The van der Waals surface area contributed by atoms with E-state index in [2.05, 4.69) is 16.9 Å². The van der Waals surface area contributed by atoms with Gasteiger partial charge in [0, 0.05) is 5.56 Å². The molecular formula is C19H20N2O3. The number of aromatic nitrogens is 2. The number of fused-ring (bicyclic) bond motifs is 1. The minimum absolute atomic E-state index is 0.153. The maximum Gasteiger partial charge on any atom is 0.259 e. The molecule has 5 heteroatoms. The van der Waals surface area contributed by atoms with Crippen molar-refractivity contribution in [2.45, 2.75) is 20.3 Å². The van der Waals surface area contributed by atoms with E-state index in [1.807, 2.05) is 43.3 Å². The molecule has 0 aliphatic carbocycles. The van der Waals surface area contributed by atoms with E-state index in [0.717, 1.165) is 12.0 Å². The summed E-state index contributed by atoms with van der Waals surface area (Å²) in [6.07, 6.45) is 0.923. The van der Waals surface area contributed by atoms with E-state index in [0.29, 0.717) is 41.4 Å². The number of hydrogen-bond acceptors (Lipinski definition) is 4. The summed E-state index contributed by atoms with van der Waals surface area (Å²) in [5, 5.41) is 0.578. The van der Waals surface area contributed by atoms with E-state index in [9.17, 15) is 4.79 Å². The minimum atomic E-state index is -0.153. The van der Waals surface area contributed by atoms with Gasteiger partial charge in [-0.1, -0.05) is 19.1 Å². The molecule has 0 bridgehead atoms. The summed E-state index contributed by atoms with van der Waals surface area (Å²) in [5.74, 6) is 1.87. The van der Waals surface area contributed by atoms with E-state index in [1.165, 1.54) is 0 Å². The summed E-state index contributed by atoms with van der Waals surface area (Å²) in [6.45, 7) is 5.14. The van der Waals surface area contributed by atoms with Gasteiger partial charge in [-0.05, 0) is 43.7 Å². The fourth-order valence-corrected chi connectivity index (χ4v) is 2.48. The highest BCUT2D eigenvalue weighted by Crippen LogP contribution is 2.32. The van der Waals surface area contributed by atoms with Crippen molar-refractivity contribution in [2.24, 2.45) is 0 Å². The minimum Gasteiger partial charge on any atom is -0.490 e. The molecule has 0 atom stereocenters. The standard InChI is InChI=1S/C19H20N2O3/c1-3-11-24-16-10-9-13(12-17(16)23-4-2)18-20-15-8-6-5-7-14(15)19(22)21-18/h5-10,12H,3-4,11H2,1-2H3,(H,20,21,22). The van der Waals surface area contributed by atoms with Crippen molar-refractivity contribution in [1.29, 1.82) is 0 Å². The lowest BCUT2D eigenvalue weighted by molar-refractivity contribution is 0.277. The summed E-state index contributed by atoms with van der Waals surface area (Å²) in [4.78, 5) is 19.6. The Kier molecular flexibility index (Phi) is 4.79. The molecule has 0 aliphatic heterocycles. The maximum absolute atomic E-state index is 12.2. The monoisotopic (exact) mass is 324 g/mol. The second kappa shape index (κ2) is 7.17. The molecule has 0 amide bonds. The van der Waals surface area contributed by atoms with Crippen molar-refractivity contribution >= 4 is 10.9 Å². The molecule has 0 aliphatic rings. The third kappa shape index (κ3) is 3.25. The fourth-order valence-electron chi connectivity index (χ4n) is 2.48. The van der Waals surface area contributed by atoms with Crippen LogP contribution in [0.15, 0.2) is 47.3 Å². The average molecular weight is 324 g/mol. The molecule has 1 aromatic heterocycles. The molecule has 5 nitrogen and oxygen atoms in total. The van der Waals surface area contributed by atoms with Crippen molar-refractivity contribution in [3.63, 3.8) is 0 Å². The van der Waals surface area contributed by atoms with Gasteiger partial charge in [0.25, 0.3) is 5.56 Å². The number of ether oxygens (including phenoxy) is 2. The lowest BCUT2D eigenvalue weighted by atomic mass is 10.1. The van der Waals surface area contributed by atoms with Gasteiger partial charge in [0.05, 0.1) is 24.1 Å². The Hall–Kier alpha value is -2.82. The first-order chi connectivity index (χ1) is 11.7. The molecule has 3 rings (SSSR count). The third-order valence-corrected chi connectivity index (χ3v) is 3.59. The van der Waals surface area contributed by atoms with Crippen LogP contribution in [0.3, 0.4) is 0 Å². The summed E-state index contributed by atoms with van der Waals surface area (Å²) < 4.78 is 11.4. The molecule has 124 valence electrons. The van der Waals surface area contributed by atoms with Gasteiger partial charge in [-0.3, -0.25) is 4.79 Å². The second-order valence-corrected chi connectivity index (χ2v) is 5.37. The number of nitrogens with one attached hydrogen (secondary N) is 1. The Morgan fingerprint density at radius 3 is 2.67 bits per heavy atom. The smallest absolute Gasteiger partial charge is 0.259 e. The van der Waals surface area contributed by atoms with Gasteiger partial charge in [0.1, 0.15) is 5.82 Å². The highest BCUT2D eigenvalue weighted by atomic mass is 16.5. The van der Waals surface area contributed by atoms with Crippen LogP contribution in [0.1, 0.15) is 20.3 Å². The zero-order valence-corrected chi connectivity index (χ0v) is 13.8. The molecule has 0 fully saturated rings. The zero-order chi connectivity index (χ0) is 16.9. The van der Waals surface area contributed by atoms with Crippen LogP contribution < -0.4 is 15.0 Å². The molecule has 3 aromatic rings. The molecule has 0 saturated heterocycles. The summed E-state index contributed by atoms with van der Waals surface area (Å²) in [7, 11) is 0. The highest BCUT2D eigenvalue weighted by molar-refractivity contribution is 5.79. The van der Waals surface area contributed by atoms with Gasteiger partial charge >= 0.3 is 0 Å². The first-order valence-corrected chi connectivity index (χ1v) is 8.12. The number of H-pyrrole nitrogens is 1. The number of rotatable bonds is 6. The van der Waals surface area contributed by atoms with E-state index in [1.54, 1.807) is 6.07 Å². The molecular weight excluding hydrogens is 304 g/mol. The van der Waals surface area contributed by atoms with Crippen LogP contribution in [-0.4, -0.2) is 23.2 Å². The van der Waals surface area contributed by atoms with Gasteiger partial charge < -0.3 is 14.5 Å². The Bertz CT molecular complexity index is 902. The lowest BCUT2D eigenvalue weighted by Crippen LogP contribution is -2.09. The number of hydrogen-bond donors (Lipinski definition) is 1. The van der Waals surface area contributed by atoms with Crippen LogP contribution in [0.4, 0.5) is 0 Å². The maximum atomic E-state index is 12.2. The van der Waals surface area contributed by atoms with Crippen molar-refractivity contribution in [3.8, 4) is 22.9 Å². The first kappa shape index (κ1) is 16.1. The van der Waals surface area contributed by atoms with Gasteiger partial charge in [-0.2, -0.15) is 0 Å². The van der Waals surface area contributed by atoms with Gasteiger partial charge in [-0.25, -0.2) is 4.98 Å². The molecule has 24 heavy (non-hydrogen) atoms. The predicted molar refractivity (Wildman–Crippen MR) is 94.8 cm³/mol. The van der Waals surface area contributed by atoms with Crippen LogP contribution in [0.2, 0.25) is 0 Å². The summed E-state index contributed by atoms with van der Waals surface area (Å²) in [5.41, 5.74) is 1.30.